The van der Waals surface area contributed by atoms with Crippen molar-refractivity contribution in [2.45, 2.75) is 39.1 Å². The third-order valence-electron chi connectivity index (χ3n) is 2.65. The van der Waals surface area contributed by atoms with Gasteiger partial charge in [0.25, 0.3) is 0 Å². The van der Waals surface area contributed by atoms with Gasteiger partial charge in [0.1, 0.15) is 0 Å². The summed E-state index contributed by atoms with van der Waals surface area (Å²) in [6.45, 7) is 9.87. The summed E-state index contributed by atoms with van der Waals surface area (Å²) in [6.07, 6.45) is 1.91. The number of rotatable bonds is 3. The van der Waals surface area contributed by atoms with E-state index in [-0.39, 0.29) is 0 Å². The molecule has 0 saturated carbocycles. The van der Waals surface area contributed by atoms with Gasteiger partial charge in [-0.2, -0.15) is 0 Å². The number of fused-ring (bicyclic) bond motifs is 1. The average molecular weight is 327 g/mol. The molecule has 0 unspecified atom stereocenters. The van der Waals surface area contributed by atoms with E-state index < -0.39 is 0 Å². The van der Waals surface area contributed by atoms with Gasteiger partial charge in [0, 0.05) is 21.7 Å². The van der Waals surface area contributed by atoms with E-state index >= 15 is 0 Å². The van der Waals surface area contributed by atoms with E-state index in [9.17, 15) is 0 Å². The van der Waals surface area contributed by atoms with Crippen LogP contribution in [0, 0.1) is 5.41 Å². The van der Waals surface area contributed by atoms with Crippen LogP contribution in [0.25, 0.3) is 11.0 Å². The standard InChI is InChI=1S/C14H19BrN2S/c1-5-17-9-16-12-7-10(6-11(15)13(12)17)18-8-14(2,3)4/h6-7,9H,5,8H2,1-4H3. The number of nitrogens with zero attached hydrogens (tertiary/aromatic N) is 2. The minimum atomic E-state index is 0.342. The van der Waals surface area contributed by atoms with E-state index in [1.54, 1.807) is 0 Å². The first-order valence-corrected chi connectivity index (χ1v) is 7.96. The Labute approximate surface area is 121 Å². The molecule has 4 heteroatoms. The summed E-state index contributed by atoms with van der Waals surface area (Å²) in [5.41, 5.74) is 2.61. The fraction of sp³-hybridized carbons (Fsp3) is 0.500. The van der Waals surface area contributed by atoms with Crippen LogP contribution in [0.2, 0.25) is 0 Å². The second-order valence-electron chi connectivity index (χ2n) is 5.65. The first kappa shape index (κ1) is 13.9. The van der Waals surface area contributed by atoms with Gasteiger partial charge in [0.15, 0.2) is 0 Å². The van der Waals surface area contributed by atoms with E-state index in [1.165, 1.54) is 10.4 Å². The van der Waals surface area contributed by atoms with Crippen molar-refractivity contribution in [2.75, 3.05) is 5.75 Å². The molecule has 0 amide bonds. The molecule has 98 valence electrons. The minimum Gasteiger partial charge on any atom is -0.330 e. The zero-order valence-electron chi connectivity index (χ0n) is 11.3. The third-order valence-corrected chi connectivity index (χ3v) is 4.84. The number of halogens is 1. The van der Waals surface area contributed by atoms with Crippen molar-refractivity contribution in [2.24, 2.45) is 5.41 Å². The molecule has 0 saturated heterocycles. The SMILES string of the molecule is CCn1cnc2cc(SCC(C)(C)C)cc(Br)c21. The first-order chi connectivity index (χ1) is 8.40. The van der Waals surface area contributed by atoms with Gasteiger partial charge in [-0.05, 0) is 40.4 Å². The summed E-state index contributed by atoms with van der Waals surface area (Å²) < 4.78 is 3.30. The summed E-state index contributed by atoms with van der Waals surface area (Å²) in [7, 11) is 0. The Hall–Kier alpha value is -0.480. The lowest BCUT2D eigenvalue weighted by Gasteiger charge is -2.17. The molecule has 1 aromatic heterocycles. The number of aromatic nitrogens is 2. The summed E-state index contributed by atoms with van der Waals surface area (Å²) in [6, 6.07) is 4.38. The molecule has 2 rings (SSSR count). The molecular formula is C14H19BrN2S. The zero-order valence-corrected chi connectivity index (χ0v) is 13.7. The fourth-order valence-electron chi connectivity index (χ4n) is 1.76. The van der Waals surface area contributed by atoms with Crippen molar-refractivity contribution in [1.29, 1.82) is 0 Å². The van der Waals surface area contributed by atoms with Crippen molar-refractivity contribution in [3.8, 4) is 0 Å². The Morgan fingerprint density at radius 3 is 2.67 bits per heavy atom. The van der Waals surface area contributed by atoms with Gasteiger partial charge in [-0.15, -0.1) is 11.8 Å². The summed E-state index contributed by atoms with van der Waals surface area (Å²) >= 11 is 5.56. The van der Waals surface area contributed by atoms with Gasteiger partial charge >= 0.3 is 0 Å². The molecule has 0 atom stereocenters. The molecule has 0 aliphatic carbocycles. The highest BCUT2D eigenvalue weighted by Gasteiger charge is 2.13. The molecule has 1 heterocycles. The second-order valence-corrected chi connectivity index (χ2v) is 7.56. The quantitative estimate of drug-likeness (QED) is 0.742. The highest BCUT2D eigenvalue weighted by Crippen LogP contribution is 2.33. The molecule has 0 N–H and O–H groups in total. The van der Waals surface area contributed by atoms with Gasteiger partial charge in [-0.25, -0.2) is 4.98 Å². The lowest BCUT2D eigenvalue weighted by Crippen LogP contribution is -2.07. The van der Waals surface area contributed by atoms with Crippen LogP contribution in [0.5, 0.6) is 0 Å². The Morgan fingerprint density at radius 2 is 2.06 bits per heavy atom. The topological polar surface area (TPSA) is 17.8 Å². The van der Waals surface area contributed by atoms with Gasteiger partial charge in [-0.3, -0.25) is 0 Å². The van der Waals surface area contributed by atoms with E-state index in [1.807, 2.05) is 18.1 Å². The molecule has 0 radical (unpaired) electrons. The molecular weight excluding hydrogens is 308 g/mol. The van der Waals surface area contributed by atoms with Crippen LogP contribution in [0.1, 0.15) is 27.7 Å². The zero-order chi connectivity index (χ0) is 13.3. The van der Waals surface area contributed by atoms with Crippen molar-refractivity contribution in [3.63, 3.8) is 0 Å². The minimum absolute atomic E-state index is 0.342. The van der Waals surface area contributed by atoms with E-state index in [4.69, 9.17) is 0 Å². The number of aryl methyl sites for hydroxylation is 1. The molecule has 0 aliphatic rings. The van der Waals surface area contributed by atoms with E-state index in [2.05, 4.69) is 65.3 Å². The number of hydrogen-bond donors (Lipinski definition) is 0. The predicted octanol–water partition coefficient (Wildman–Crippen LogP) is 4.96. The lowest BCUT2D eigenvalue weighted by atomic mass is 10.0. The van der Waals surface area contributed by atoms with Gasteiger partial charge < -0.3 is 4.57 Å². The summed E-state index contributed by atoms with van der Waals surface area (Å²) in [5, 5.41) is 0. The molecule has 0 fully saturated rings. The van der Waals surface area contributed by atoms with Crippen LogP contribution in [0.15, 0.2) is 27.8 Å². The smallest absolute Gasteiger partial charge is 0.0958 e. The predicted molar refractivity (Wildman–Crippen MR) is 83.3 cm³/mol. The number of thioether (sulfide) groups is 1. The fourth-order valence-corrected chi connectivity index (χ4v) is 3.58. The Bertz CT molecular complexity index is 555. The third kappa shape index (κ3) is 3.09. The van der Waals surface area contributed by atoms with Crippen molar-refractivity contribution < 1.29 is 0 Å². The van der Waals surface area contributed by atoms with Crippen molar-refractivity contribution in [1.82, 2.24) is 9.55 Å². The lowest BCUT2D eigenvalue weighted by molar-refractivity contribution is 0.481. The van der Waals surface area contributed by atoms with Crippen LogP contribution in [-0.2, 0) is 6.54 Å². The van der Waals surface area contributed by atoms with E-state index in [0.717, 1.165) is 22.3 Å². The number of imidazole rings is 1. The molecule has 0 aliphatic heterocycles. The summed E-state index contributed by atoms with van der Waals surface area (Å²) in [4.78, 5) is 5.76. The Balaban J connectivity index is 2.32. The van der Waals surface area contributed by atoms with Crippen molar-refractivity contribution in [3.05, 3.63) is 22.9 Å². The molecule has 2 aromatic rings. The van der Waals surface area contributed by atoms with Crippen LogP contribution in [-0.4, -0.2) is 15.3 Å². The van der Waals surface area contributed by atoms with Crippen LogP contribution < -0.4 is 0 Å². The average Bonchev–Trinajstić information content (AvgIpc) is 2.69. The highest BCUT2D eigenvalue weighted by molar-refractivity contribution is 9.10. The Morgan fingerprint density at radius 1 is 1.33 bits per heavy atom. The first-order valence-electron chi connectivity index (χ1n) is 6.18. The van der Waals surface area contributed by atoms with E-state index in [0.29, 0.717) is 5.41 Å². The molecule has 1 aromatic carbocycles. The van der Waals surface area contributed by atoms with Gasteiger partial charge in [-0.1, -0.05) is 20.8 Å². The maximum Gasteiger partial charge on any atom is 0.0958 e. The maximum absolute atomic E-state index is 4.48. The Kier molecular flexibility index (Phi) is 4.07. The molecule has 2 nitrogen and oxygen atoms in total. The van der Waals surface area contributed by atoms with Crippen molar-refractivity contribution >= 4 is 38.7 Å². The summed E-state index contributed by atoms with van der Waals surface area (Å²) in [5.74, 6) is 1.11. The van der Waals surface area contributed by atoms with Gasteiger partial charge in [0.2, 0.25) is 0 Å². The van der Waals surface area contributed by atoms with Gasteiger partial charge in [0.05, 0.1) is 17.4 Å². The maximum atomic E-state index is 4.48. The number of benzene rings is 1. The highest BCUT2D eigenvalue weighted by atomic mass is 79.9. The van der Waals surface area contributed by atoms with Crippen LogP contribution in [0.3, 0.4) is 0 Å². The second kappa shape index (κ2) is 5.25. The molecule has 0 bridgehead atoms. The monoisotopic (exact) mass is 326 g/mol. The molecule has 18 heavy (non-hydrogen) atoms. The van der Waals surface area contributed by atoms with Crippen LogP contribution >= 0.6 is 27.7 Å². The van der Waals surface area contributed by atoms with Crippen LogP contribution in [0.4, 0.5) is 0 Å². The normalized spacial score (nSPS) is 12.3. The number of hydrogen-bond acceptors (Lipinski definition) is 2. The molecule has 0 spiro atoms. The largest absolute Gasteiger partial charge is 0.330 e.